The summed E-state index contributed by atoms with van der Waals surface area (Å²) < 4.78 is 47.2. The van der Waals surface area contributed by atoms with Gasteiger partial charge in [-0.3, -0.25) is 9.36 Å². The van der Waals surface area contributed by atoms with Crippen LogP contribution in [0.1, 0.15) is 27.2 Å². The number of hydrogen-bond acceptors (Lipinski definition) is 6. The highest BCUT2D eigenvalue weighted by Gasteiger charge is 2.31. The fourth-order valence-corrected chi connectivity index (χ4v) is 5.32. The van der Waals surface area contributed by atoms with Crippen molar-refractivity contribution in [1.82, 2.24) is 20.1 Å². The first kappa shape index (κ1) is 24.8. The molecule has 0 aliphatic heterocycles. The van der Waals surface area contributed by atoms with Gasteiger partial charge >= 0.3 is 6.18 Å². The summed E-state index contributed by atoms with van der Waals surface area (Å²) in [7, 11) is 0. The number of hydrogen-bond donors (Lipinski definition) is 1. The molecule has 11 heteroatoms. The number of aromatic nitrogens is 3. The first-order valence-corrected chi connectivity index (χ1v) is 12.9. The van der Waals surface area contributed by atoms with Crippen LogP contribution >= 0.6 is 23.1 Å². The van der Waals surface area contributed by atoms with Crippen molar-refractivity contribution in [2.45, 2.75) is 23.6 Å². The van der Waals surface area contributed by atoms with E-state index in [1.807, 2.05) is 29.6 Å². The molecule has 0 unspecified atom stereocenters. The Hall–Kier alpha value is -3.83. The van der Waals surface area contributed by atoms with E-state index in [1.165, 1.54) is 35.4 Å². The number of carbonyl (C=O) groups excluding carboxylic acids is 1. The number of furan rings is 1. The monoisotopic (exact) mass is 540 g/mol. The Labute approximate surface area is 218 Å². The van der Waals surface area contributed by atoms with Gasteiger partial charge in [-0.2, -0.15) is 13.2 Å². The Morgan fingerprint density at radius 3 is 2.65 bits per heavy atom. The van der Waals surface area contributed by atoms with E-state index in [1.54, 1.807) is 34.9 Å². The molecular weight excluding hydrogens is 521 g/mol. The molecule has 1 N–H and O–H groups in total. The number of rotatable bonds is 8. The van der Waals surface area contributed by atoms with Crippen molar-refractivity contribution in [1.29, 1.82) is 0 Å². The van der Waals surface area contributed by atoms with Crippen molar-refractivity contribution in [3.63, 3.8) is 0 Å². The van der Waals surface area contributed by atoms with E-state index in [-0.39, 0.29) is 12.5 Å². The summed E-state index contributed by atoms with van der Waals surface area (Å²) in [5.74, 6) is 1.18. The van der Waals surface area contributed by atoms with Gasteiger partial charge in [-0.1, -0.05) is 42.1 Å². The predicted octanol–water partition coefficient (Wildman–Crippen LogP) is 6.83. The zero-order valence-corrected chi connectivity index (χ0v) is 20.7. The second-order valence-corrected chi connectivity index (χ2v) is 9.77. The minimum atomic E-state index is -4.48. The third-order valence-corrected chi connectivity index (χ3v) is 7.27. The minimum absolute atomic E-state index is 0.251. The number of carbonyl (C=O) groups is 1. The van der Waals surface area contributed by atoms with Gasteiger partial charge in [-0.05, 0) is 53.4 Å². The van der Waals surface area contributed by atoms with E-state index in [0.29, 0.717) is 33.7 Å². The molecule has 3 aromatic heterocycles. The van der Waals surface area contributed by atoms with Gasteiger partial charge in [0.2, 0.25) is 0 Å². The summed E-state index contributed by atoms with van der Waals surface area (Å²) >= 11 is 2.71. The van der Waals surface area contributed by atoms with Crippen LogP contribution in [0.3, 0.4) is 0 Å². The molecule has 0 fully saturated rings. The second kappa shape index (κ2) is 10.7. The molecule has 0 radical (unpaired) electrons. The highest BCUT2D eigenvalue weighted by atomic mass is 32.2. The van der Waals surface area contributed by atoms with Crippen molar-refractivity contribution >= 4 is 29.0 Å². The zero-order chi connectivity index (χ0) is 25.8. The van der Waals surface area contributed by atoms with Crippen LogP contribution in [0.15, 0.2) is 94.0 Å². The van der Waals surface area contributed by atoms with E-state index in [9.17, 15) is 18.0 Å². The molecule has 2 aromatic carbocycles. The molecule has 37 heavy (non-hydrogen) atoms. The Morgan fingerprint density at radius 2 is 1.89 bits per heavy atom. The lowest BCUT2D eigenvalue weighted by molar-refractivity contribution is -0.137. The average Bonchev–Trinajstić information content (AvgIpc) is 3.67. The molecule has 0 atom stereocenters. The number of nitrogens with zero attached hydrogens (tertiary/aromatic N) is 3. The normalized spacial score (nSPS) is 11.5. The van der Waals surface area contributed by atoms with Gasteiger partial charge in [0.05, 0.1) is 28.9 Å². The van der Waals surface area contributed by atoms with Crippen LogP contribution in [0.25, 0.3) is 16.4 Å². The van der Waals surface area contributed by atoms with Gasteiger partial charge in [0, 0.05) is 11.3 Å². The summed E-state index contributed by atoms with van der Waals surface area (Å²) in [6.45, 7) is 0.251. The van der Waals surface area contributed by atoms with Gasteiger partial charge in [0.25, 0.3) is 5.91 Å². The quantitative estimate of drug-likeness (QED) is 0.219. The van der Waals surface area contributed by atoms with Crippen molar-refractivity contribution in [3.05, 3.63) is 107 Å². The number of nitrogens with one attached hydrogen (secondary N) is 1. The van der Waals surface area contributed by atoms with Crippen LogP contribution in [0.2, 0.25) is 0 Å². The molecule has 5 aromatic rings. The molecule has 6 nitrogen and oxygen atoms in total. The molecule has 0 saturated heterocycles. The number of benzene rings is 2. The Morgan fingerprint density at radius 1 is 1.03 bits per heavy atom. The van der Waals surface area contributed by atoms with E-state index >= 15 is 0 Å². The van der Waals surface area contributed by atoms with Gasteiger partial charge in [-0.15, -0.1) is 21.5 Å². The van der Waals surface area contributed by atoms with Gasteiger partial charge in [0.1, 0.15) is 5.76 Å². The molecule has 3 heterocycles. The topological polar surface area (TPSA) is 73.0 Å². The lowest BCUT2D eigenvalue weighted by atomic mass is 10.1. The maximum absolute atomic E-state index is 13.4. The van der Waals surface area contributed by atoms with E-state index in [0.717, 1.165) is 22.6 Å². The maximum atomic E-state index is 13.4. The molecule has 0 aliphatic rings. The minimum Gasteiger partial charge on any atom is -0.467 e. The molecular formula is C26H19F3N4O2S2. The molecule has 0 spiro atoms. The van der Waals surface area contributed by atoms with E-state index in [4.69, 9.17) is 4.42 Å². The zero-order valence-electron chi connectivity index (χ0n) is 19.1. The summed E-state index contributed by atoms with van der Waals surface area (Å²) in [5, 5.41) is 13.7. The summed E-state index contributed by atoms with van der Waals surface area (Å²) in [4.78, 5) is 13.6. The highest BCUT2D eigenvalue weighted by Crippen LogP contribution is 2.35. The molecule has 1 amide bonds. The van der Waals surface area contributed by atoms with E-state index < -0.39 is 11.7 Å². The van der Waals surface area contributed by atoms with E-state index in [2.05, 4.69) is 15.5 Å². The van der Waals surface area contributed by atoms with Gasteiger partial charge < -0.3 is 9.73 Å². The average molecular weight is 541 g/mol. The van der Waals surface area contributed by atoms with Crippen LogP contribution in [0.4, 0.5) is 13.2 Å². The molecule has 5 rings (SSSR count). The number of thiophene rings is 1. The van der Waals surface area contributed by atoms with Crippen LogP contribution < -0.4 is 5.32 Å². The summed E-state index contributed by atoms with van der Waals surface area (Å²) in [6.07, 6.45) is -2.94. The largest absolute Gasteiger partial charge is 0.467 e. The third kappa shape index (κ3) is 5.62. The predicted molar refractivity (Wildman–Crippen MR) is 136 cm³/mol. The smallest absolute Gasteiger partial charge is 0.416 e. The Balaban J connectivity index is 1.43. The molecule has 0 bridgehead atoms. The van der Waals surface area contributed by atoms with Gasteiger partial charge in [-0.25, -0.2) is 0 Å². The Kier molecular flexibility index (Phi) is 7.15. The first-order chi connectivity index (χ1) is 17.9. The van der Waals surface area contributed by atoms with Gasteiger partial charge in [0.15, 0.2) is 11.0 Å². The van der Waals surface area contributed by atoms with Crippen LogP contribution in [0.5, 0.6) is 0 Å². The number of thioether (sulfide) groups is 1. The fourth-order valence-electron chi connectivity index (χ4n) is 3.67. The third-order valence-electron chi connectivity index (χ3n) is 5.43. The van der Waals surface area contributed by atoms with Crippen molar-refractivity contribution in [3.8, 4) is 16.4 Å². The summed E-state index contributed by atoms with van der Waals surface area (Å²) in [6, 6.07) is 19.4. The number of halogens is 3. The van der Waals surface area contributed by atoms with Crippen molar-refractivity contribution in [2.24, 2.45) is 0 Å². The van der Waals surface area contributed by atoms with Crippen LogP contribution in [-0.2, 0) is 18.5 Å². The van der Waals surface area contributed by atoms with Crippen molar-refractivity contribution < 1.29 is 22.4 Å². The van der Waals surface area contributed by atoms with Crippen molar-refractivity contribution in [2.75, 3.05) is 0 Å². The second-order valence-electron chi connectivity index (χ2n) is 7.87. The van der Waals surface area contributed by atoms with Crippen LogP contribution in [0, 0.1) is 0 Å². The lowest BCUT2D eigenvalue weighted by Crippen LogP contribution is -2.23. The Bertz CT molecular complexity index is 1500. The fraction of sp³-hybridized carbons (Fsp3) is 0.115. The van der Waals surface area contributed by atoms with Crippen LogP contribution in [-0.4, -0.2) is 20.7 Å². The first-order valence-electron chi connectivity index (χ1n) is 11.1. The molecule has 0 aliphatic carbocycles. The highest BCUT2D eigenvalue weighted by molar-refractivity contribution is 7.98. The molecule has 0 saturated carbocycles. The number of amides is 1. The standard InChI is InChI=1S/C26H19F3N4O2S2/c27-26(28,29)18-7-3-8-19(14-18)33-23(22-11-5-13-36-22)31-32-25(33)37-16-17-6-1-2-10-21(17)24(34)30-15-20-9-4-12-35-20/h1-14H,15-16H2,(H,30,34). The number of alkyl halides is 3. The summed E-state index contributed by atoms with van der Waals surface area (Å²) in [5.41, 5.74) is 0.784. The maximum Gasteiger partial charge on any atom is 0.416 e. The SMILES string of the molecule is O=C(NCc1ccco1)c1ccccc1CSc1nnc(-c2cccs2)n1-c1cccc(C(F)(F)F)c1. The molecule has 188 valence electrons. The lowest BCUT2D eigenvalue weighted by Gasteiger charge is -2.13.